The number of benzene rings is 2. The van der Waals surface area contributed by atoms with Crippen LogP contribution in [0.3, 0.4) is 0 Å². The number of hydrogen-bond donors (Lipinski definition) is 6. The summed E-state index contributed by atoms with van der Waals surface area (Å²) >= 11 is 13.1. The zero-order valence-corrected chi connectivity index (χ0v) is 33.2. The fraction of sp³-hybridized carbons (Fsp3) is 0.568. The molecule has 0 spiro atoms. The first-order valence-corrected chi connectivity index (χ1v) is 18.8. The highest BCUT2D eigenvalue weighted by Crippen LogP contribution is 2.38. The molecule has 0 unspecified atom stereocenters. The molecule has 0 saturated carbocycles. The van der Waals surface area contributed by atoms with Gasteiger partial charge in [-0.3, -0.25) is 23.6 Å². The first kappa shape index (κ1) is 47.8. The zero-order chi connectivity index (χ0) is 41.7. The SMILES string of the molecule is CO[C@H]1O[C@H](CO)[C@@H](O)[C@H](O)[C@H]1NC(=O)c1cc(Cl)c(OCc2cccc(C(=O)NCCOCCOCC(=O)NCCOCCOCC(=O)CCF)c2)c(Cl)c1C. The van der Waals surface area contributed by atoms with Crippen LogP contribution in [0.2, 0.25) is 10.0 Å². The predicted octanol–water partition coefficient (Wildman–Crippen LogP) is 0.906. The number of aliphatic hydroxyl groups is 3. The van der Waals surface area contributed by atoms with Gasteiger partial charge in [0.25, 0.3) is 11.8 Å². The van der Waals surface area contributed by atoms with E-state index in [-0.39, 0.29) is 118 Å². The highest BCUT2D eigenvalue weighted by atomic mass is 35.5. The van der Waals surface area contributed by atoms with Gasteiger partial charge in [-0.25, -0.2) is 0 Å². The van der Waals surface area contributed by atoms with Crippen LogP contribution >= 0.6 is 23.2 Å². The molecule has 17 nitrogen and oxygen atoms in total. The number of rotatable bonds is 26. The van der Waals surface area contributed by atoms with Gasteiger partial charge in [-0.2, -0.15) is 0 Å². The predicted molar refractivity (Wildman–Crippen MR) is 202 cm³/mol. The van der Waals surface area contributed by atoms with Crippen LogP contribution < -0.4 is 20.7 Å². The first-order valence-electron chi connectivity index (χ1n) is 18.0. The van der Waals surface area contributed by atoms with Crippen molar-refractivity contribution in [2.24, 2.45) is 0 Å². The molecule has 5 atom stereocenters. The maximum Gasteiger partial charge on any atom is 0.252 e. The molecule has 0 aromatic heterocycles. The molecule has 0 bridgehead atoms. The number of alkyl halides is 1. The number of aliphatic hydroxyl groups excluding tert-OH is 3. The van der Waals surface area contributed by atoms with E-state index in [1.54, 1.807) is 31.2 Å². The highest BCUT2D eigenvalue weighted by molar-refractivity contribution is 6.38. The summed E-state index contributed by atoms with van der Waals surface area (Å²) < 4.78 is 49.7. The molecule has 6 N–H and O–H groups in total. The summed E-state index contributed by atoms with van der Waals surface area (Å²) in [6, 6.07) is 6.85. The summed E-state index contributed by atoms with van der Waals surface area (Å²) in [5.74, 6) is -1.57. The number of ether oxygens (including phenoxy) is 7. The molecule has 0 aliphatic carbocycles. The Balaban J connectivity index is 1.34. The molecule has 0 radical (unpaired) electrons. The van der Waals surface area contributed by atoms with Gasteiger partial charge in [0, 0.05) is 37.7 Å². The van der Waals surface area contributed by atoms with E-state index >= 15 is 0 Å². The summed E-state index contributed by atoms with van der Waals surface area (Å²) in [6.45, 7) is 1.65. The third kappa shape index (κ3) is 15.6. The summed E-state index contributed by atoms with van der Waals surface area (Å²) in [6.07, 6.45) is -5.43. The Morgan fingerprint density at radius 2 is 1.54 bits per heavy atom. The summed E-state index contributed by atoms with van der Waals surface area (Å²) in [7, 11) is 1.29. The fourth-order valence-electron chi connectivity index (χ4n) is 5.31. The first-order chi connectivity index (χ1) is 27.4. The Bertz CT molecular complexity index is 1610. The minimum Gasteiger partial charge on any atom is -0.486 e. The van der Waals surface area contributed by atoms with Crippen molar-refractivity contribution in [2.75, 3.05) is 86.3 Å². The zero-order valence-electron chi connectivity index (χ0n) is 31.6. The van der Waals surface area contributed by atoms with Crippen molar-refractivity contribution < 1.29 is 72.0 Å². The lowest BCUT2D eigenvalue weighted by Gasteiger charge is -2.41. The third-order valence-corrected chi connectivity index (χ3v) is 9.10. The maximum absolute atomic E-state index is 13.3. The number of halogens is 3. The van der Waals surface area contributed by atoms with Gasteiger partial charge in [-0.15, -0.1) is 0 Å². The van der Waals surface area contributed by atoms with Crippen LogP contribution in [0.15, 0.2) is 30.3 Å². The van der Waals surface area contributed by atoms with Gasteiger partial charge in [-0.05, 0) is 36.2 Å². The molecule has 1 saturated heterocycles. The number of ketones is 1. The van der Waals surface area contributed by atoms with E-state index in [1.165, 1.54) is 13.2 Å². The van der Waals surface area contributed by atoms with Crippen LogP contribution in [0.25, 0.3) is 0 Å². The van der Waals surface area contributed by atoms with Crippen molar-refractivity contribution in [3.8, 4) is 5.75 Å². The molecule has 1 aliphatic heterocycles. The van der Waals surface area contributed by atoms with Crippen LogP contribution in [0, 0.1) is 6.92 Å². The number of methoxy groups -OCH3 is 1. The Labute approximate surface area is 339 Å². The van der Waals surface area contributed by atoms with E-state index < -0.39 is 49.8 Å². The summed E-state index contributed by atoms with van der Waals surface area (Å²) in [4.78, 5) is 49.0. The van der Waals surface area contributed by atoms with Crippen molar-refractivity contribution in [1.82, 2.24) is 16.0 Å². The average Bonchev–Trinajstić information content (AvgIpc) is 3.20. The molecule has 1 aliphatic rings. The Hall–Kier alpha value is -3.53. The standard InChI is InChI=1S/C37H50Cl2FN3O14/c1-22-26(36(50)43-31-33(48)32(47)28(18-44)57-37(31)51-2)17-27(38)34(30(22)39)56-19-23-4-3-5-24(16-23)35(49)42-9-11-53-13-15-55-21-29(46)41-8-10-52-12-14-54-20-25(45)6-7-40/h3-5,16-17,28,31-33,37,44,47-48H,6-15,18-21H2,1-2H3,(H,41,46)(H,42,49)(H,43,50)/t28-,31-,32-,33-,37+/m1/s1. The van der Waals surface area contributed by atoms with Crippen molar-refractivity contribution in [1.29, 1.82) is 0 Å². The lowest BCUT2D eigenvalue weighted by atomic mass is 9.96. The average molecular weight is 851 g/mol. The van der Waals surface area contributed by atoms with Crippen LogP contribution in [-0.2, 0) is 44.6 Å². The van der Waals surface area contributed by atoms with E-state index in [9.17, 15) is 38.9 Å². The number of nitrogens with one attached hydrogen (secondary N) is 3. The van der Waals surface area contributed by atoms with Gasteiger partial charge in [0.05, 0.1) is 63.0 Å². The molecule has 318 valence electrons. The van der Waals surface area contributed by atoms with E-state index in [0.29, 0.717) is 16.7 Å². The number of Topliss-reactive ketones (excluding diaryl/α,β-unsaturated/α-hetero) is 1. The molecule has 2 aromatic carbocycles. The highest BCUT2D eigenvalue weighted by Gasteiger charge is 2.45. The van der Waals surface area contributed by atoms with Crippen LogP contribution in [-0.4, -0.2) is 156 Å². The number of carbonyl (C=O) groups is 4. The second kappa shape index (κ2) is 25.8. The minimum atomic E-state index is -1.51. The Morgan fingerprint density at radius 3 is 2.21 bits per heavy atom. The Morgan fingerprint density at radius 1 is 0.877 bits per heavy atom. The van der Waals surface area contributed by atoms with Gasteiger partial charge < -0.3 is 64.4 Å². The molecule has 1 fully saturated rings. The second-order valence-corrected chi connectivity index (χ2v) is 13.3. The lowest BCUT2D eigenvalue weighted by Crippen LogP contribution is -2.64. The van der Waals surface area contributed by atoms with E-state index in [0.717, 1.165) is 0 Å². The van der Waals surface area contributed by atoms with Crippen molar-refractivity contribution in [3.05, 3.63) is 62.6 Å². The molecule has 57 heavy (non-hydrogen) atoms. The normalized spacial score (nSPS) is 19.2. The lowest BCUT2D eigenvalue weighted by molar-refractivity contribution is -0.261. The van der Waals surface area contributed by atoms with E-state index in [2.05, 4.69) is 16.0 Å². The second-order valence-electron chi connectivity index (χ2n) is 12.5. The van der Waals surface area contributed by atoms with Gasteiger partial charge >= 0.3 is 0 Å². The quantitative estimate of drug-likeness (QED) is 0.0724. The largest absolute Gasteiger partial charge is 0.486 e. The number of hydrogen-bond acceptors (Lipinski definition) is 14. The molecule has 3 rings (SSSR count). The Kier molecular flexibility index (Phi) is 21.6. The van der Waals surface area contributed by atoms with Gasteiger partial charge in [0.15, 0.2) is 17.8 Å². The number of carbonyl (C=O) groups excluding carboxylic acids is 4. The molecule has 3 amide bonds. The van der Waals surface area contributed by atoms with Gasteiger partial charge in [0.2, 0.25) is 5.91 Å². The molecule has 20 heteroatoms. The minimum absolute atomic E-state index is 0.0186. The monoisotopic (exact) mass is 849 g/mol. The van der Waals surface area contributed by atoms with Crippen molar-refractivity contribution in [3.63, 3.8) is 0 Å². The molecular weight excluding hydrogens is 800 g/mol. The topological polar surface area (TPSA) is 230 Å². The van der Waals surface area contributed by atoms with E-state index in [4.69, 9.17) is 56.4 Å². The van der Waals surface area contributed by atoms with E-state index in [1.807, 2.05) is 0 Å². The van der Waals surface area contributed by atoms with Crippen molar-refractivity contribution in [2.45, 2.75) is 50.6 Å². The molecule has 1 heterocycles. The van der Waals surface area contributed by atoms with Gasteiger partial charge in [0.1, 0.15) is 44.2 Å². The van der Waals surface area contributed by atoms with Gasteiger partial charge in [-0.1, -0.05) is 35.3 Å². The van der Waals surface area contributed by atoms with Crippen LogP contribution in [0.1, 0.15) is 38.3 Å². The number of amides is 3. The van der Waals surface area contributed by atoms with Crippen LogP contribution in [0.5, 0.6) is 5.75 Å². The third-order valence-electron chi connectivity index (χ3n) is 8.36. The fourth-order valence-corrected chi connectivity index (χ4v) is 5.87. The maximum atomic E-state index is 13.3. The smallest absolute Gasteiger partial charge is 0.252 e. The summed E-state index contributed by atoms with van der Waals surface area (Å²) in [5, 5.41) is 38.3. The molecular formula is C37H50Cl2FN3O14. The van der Waals surface area contributed by atoms with Crippen LogP contribution in [0.4, 0.5) is 4.39 Å². The van der Waals surface area contributed by atoms with Crippen molar-refractivity contribution >= 4 is 46.7 Å². The summed E-state index contributed by atoms with van der Waals surface area (Å²) in [5.41, 5.74) is 1.38. The molecule has 2 aromatic rings.